The maximum atomic E-state index is 5.20. The molecular formula is C64H44N4. The minimum Gasteiger partial charge on any atom is -0.333 e. The van der Waals surface area contributed by atoms with Crippen LogP contribution in [0.1, 0.15) is 17.0 Å². The predicted molar refractivity (Wildman–Crippen MR) is 282 cm³/mol. The van der Waals surface area contributed by atoms with Gasteiger partial charge in [-0.05, 0) is 93.6 Å². The molecule has 13 rings (SSSR count). The third-order valence-electron chi connectivity index (χ3n) is 13.7. The quantitative estimate of drug-likeness (QED) is 0.153. The fourth-order valence-corrected chi connectivity index (χ4v) is 10.5. The normalized spacial score (nSPS) is 15.1. The second-order valence-corrected chi connectivity index (χ2v) is 17.7. The summed E-state index contributed by atoms with van der Waals surface area (Å²) in [4.78, 5) is 12.8. The molecule has 0 saturated carbocycles. The minimum absolute atomic E-state index is 0.176. The van der Waals surface area contributed by atoms with Crippen molar-refractivity contribution in [3.05, 3.63) is 266 Å². The van der Waals surface area contributed by atoms with Crippen LogP contribution in [0.5, 0.6) is 0 Å². The van der Waals surface area contributed by atoms with E-state index in [1.54, 1.807) is 0 Å². The monoisotopic (exact) mass is 868 g/mol. The van der Waals surface area contributed by atoms with Gasteiger partial charge in [0.1, 0.15) is 0 Å². The molecule has 4 heteroatoms. The largest absolute Gasteiger partial charge is 0.333 e. The van der Waals surface area contributed by atoms with E-state index in [9.17, 15) is 0 Å². The van der Waals surface area contributed by atoms with Crippen molar-refractivity contribution >= 4 is 38.8 Å². The molecule has 2 atom stereocenters. The first-order valence-corrected chi connectivity index (χ1v) is 23.4. The van der Waals surface area contributed by atoms with Crippen molar-refractivity contribution in [1.82, 2.24) is 14.5 Å². The van der Waals surface area contributed by atoms with E-state index >= 15 is 0 Å². The highest BCUT2D eigenvalue weighted by molar-refractivity contribution is 6.10. The second kappa shape index (κ2) is 16.5. The summed E-state index contributed by atoms with van der Waals surface area (Å²) in [6.45, 7) is 0. The van der Waals surface area contributed by atoms with Crippen LogP contribution in [0.25, 0.3) is 89.2 Å². The van der Waals surface area contributed by atoms with Gasteiger partial charge in [-0.1, -0.05) is 200 Å². The second-order valence-electron chi connectivity index (χ2n) is 17.7. The van der Waals surface area contributed by atoms with Crippen LogP contribution >= 0.6 is 0 Å². The fourth-order valence-electron chi connectivity index (χ4n) is 10.5. The lowest BCUT2D eigenvalue weighted by atomic mass is 9.86. The van der Waals surface area contributed by atoms with E-state index in [0.29, 0.717) is 5.82 Å². The first-order chi connectivity index (χ1) is 33.7. The molecule has 0 N–H and O–H groups in total. The number of hydrogen-bond acceptors (Lipinski definition) is 3. The van der Waals surface area contributed by atoms with Crippen molar-refractivity contribution < 1.29 is 0 Å². The summed E-state index contributed by atoms with van der Waals surface area (Å²) in [5.74, 6) is 0.984. The molecule has 2 unspecified atom stereocenters. The molecule has 3 heterocycles. The lowest BCUT2D eigenvalue weighted by Crippen LogP contribution is -2.29. The molecule has 1 aliphatic heterocycles. The van der Waals surface area contributed by atoms with Gasteiger partial charge in [0.15, 0.2) is 5.82 Å². The summed E-state index contributed by atoms with van der Waals surface area (Å²) >= 11 is 0. The lowest BCUT2D eigenvalue weighted by molar-refractivity contribution is 0.747. The summed E-state index contributed by atoms with van der Waals surface area (Å²) in [6.07, 6.45) is 7.20. The van der Waals surface area contributed by atoms with Crippen LogP contribution in [0.15, 0.2) is 255 Å². The number of fused-ring (bicyclic) bond motifs is 6. The van der Waals surface area contributed by atoms with Gasteiger partial charge in [-0.3, -0.25) is 0 Å². The van der Waals surface area contributed by atoms with Crippen molar-refractivity contribution in [3.8, 4) is 61.8 Å². The number of hydrogen-bond donors (Lipinski definition) is 0. The first kappa shape index (κ1) is 39.5. The van der Waals surface area contributed by atoms with Crippen LogP contribution in [-0.2, 0) is 0 Å². The van der Waals surface area contributed by atoms with E-state index in [4.69, 9.17) is 9.97 Å². The van der Waals surface area contributed by atoms with E-state index in [1.165, 1.54) is 55.5 Å². The Morgan fingerprint density at radius 2 is 0.941 bits per heavy atom. The van der Waals surface area contributed by atoms with Gasteiger partial charge in [0.2, 0.25) is 0 Å². The number of nitrogens with zero attached hydrogens (tertiary/aromatic N) is 4. The molecular weight excluding hydrogens is 825 g/mol. The summed E-state index contributed by atoms with van der Waals surface area (Å²) in [5.41, 5.74) is 19.2. The standard InChI is InChI=1S/C64H44N4/c1-4-16-43(17-5-1)44-30-32-45(33-31-44)58-42-59(66-64(65-58)46-18-6-2-7-19-46)51-22-14-20-47(38-51)49-34-36-57-55-27-11-13-29-61(55)68(63(57)40-49)53-25-15-21-48(39-53)50-35-37-56-54-26-10-12-28-60(54)67(62(56)41-50)52-23-8-3-9-24-52/h1-42,56,62H. The van der Waals surface area contributed by atoms with Crippen molar-refractivity contribution in [1.29, 1.82) is 0 Å². The maximum Gasteiger partial charge on any atom is 0.160 e. The van der Waals surface area contributed by atoms with E-state index in [0.717, 1.165) is 50.4 Å². The molecule has 1 aliphatic carbocycles. The van der Waals surface area contributed by atoms with Crippen LogP contribution in [-0.4, -0.2) is 20.6 Å². The van der Waals surface area contributed by atoms with Gasteiger partial charge >= 0.3 is 0 Å². The third-order valence-corrected chi connectivity index (χ3v) is 13.7. The number of allylic oxidation sites excluding steroid dienone is 2. The minimum atomic E-state index is 0.176. The molecule has 68 heavy (non-hydrogen) atoms. The van der Waals surface area contributed by atoms with Gasteiger partial charge in [-0.25, -0.2) is 9.97 Å². The van der Waals surface area contributed by atoms with Gasteiger partial charge in [-0.15, -0.1) is 0 Å². The zero-order valence-corrected chi connectivity index (χ0v) is 37.2. The van der Waals surface area contributed by atoms with Crippen molar-refractivity contribution in [3.63, 3.8) is 0 Å². The third kappa shape index (κ3) is 6.94. The van der Waals surface area contributed by atoms with E-state index in [-0.39, 0.29) is 12.0 Å². The van der Waals surface area contributed by atoms with E-state index in [1.807, 2.05) is 24.3 Å². The molecule has 0 spiro atoms. The smallest absolute Gasteiger partial charge is 0.160 e. The summed E-state index contributed by atoms with van der Waals surface area (Å²) in [7, 11) is 0. The highest BCUT2D eigenvalue weighted by Crippen LogP contribution is 2.49. The number of rotatable bonds is 8. The Hall–Kier alpha value is -8.86. The molecule has 0 radical (unpaired) electrons. The molecule has 11 aromatic rings. The number of para-hydroxylation sites is 3. The average Bonchev–Trinajstić information content (AvgIpc) is 3.94. The fraction of sp³-hybridized carbons (Fsp3) is 0.0312. The van der Waals surface area contributed by atoms with Crippen LogP contribution in [0.3, 0.4) is 0 Å². The Bertz CT molecular complexity index is 3740. The summed E-state index contributed by atoms with van der Waals surface area (Å²) in [6, 6.07) is 84.9. The van der Waals surface area contributed by atoms with Gasteiger partial charge in [0.05, 0.1) is 28.5 Å². The molecule has 4 nitrogen and oxygen atoms in total. The van der Waals surface area contributed by atoms with Gasteiger partial charge in [0.25, 0.3) is 0 Å². The highest BCUT2D eigenvalue weighted by Gasteiger charge is 2.38. The zero-order valence-electron chi connectivity index (χ0n) is 37.2. The molecule has 9 aromatic carbocycles. The SMILES string of the molecule is C1=CC2c3ccccc3N(c3ccccc3)C2C=C1c1cccc(-n2c3ccccc3c3ccc(-c4cccc(-c5cc(-c6ccc(-c7ccccc7)cc6)nc(-c6ccccc6)n5)c4)cc32)c1. The zero-order chi connectivity index (χ0) is 45.0. The van der Waals surface area contributed by atoms with Crippen molar-refractivity contribution in [2.75, 3.05) is 4.90 Å². The van der Waals surface area contributed by atoms with Gasteiger partial charge < -0.3 is 9.47 Å². The van der Waals surface area contributed by atoms with E-state index in [2.05, 4.69) is 240 Å². The Balaban J connectivity index is 0.882. The average molecular weight is 869 g/mol. The molecule has 2 aliphatic rings. The van der Waals surface area contributed by atoms with E-state index < -0.39 is 0 Å². The summed E-state index contributed by atoms with van der Waals surface area (Å²) in [5, 5.41) is 2.45. The Morgan fingerprint density at radius 1 is 0.368 bits per heavy atom. The predicted octanol–water partition coefficient (Wildman–Crippen LogP) is 16.2. The number of aromatic nitrogens is 3. The first-order valence-electron chi connectivity index (χ1n) is 23.4. The Labute approximate surface area is 396 Å². The Kier molecular flexibility index (Phi) is 9.61. The van der Waals surface area contributed by atoms with Crippen LogP contribution < -0.4 is 4.90 Å². The van der Waals surface area contributed by atoms with Crippen LogP contribution in [0, 0.1) is 0 Å². The molecule has 0 fully saturated rings. The van der Waals surface area contributed by atoms with Crippen LogP contribution in [0.4, 0.5) is 11.4 Å². The van der Waals surface area contributed by atoms with Gasteiger partial charge in [-0.2, -0.15) is 0 Å². The van der Waals surface area contributed by atoms with Crippen molar-refractivity contribution in [2.24, 2.45) is 0 Å². The molecule has 0 bridgehead atoms. The number of anilines is 2. The highest BCUT2D eigenvalue weighted by atomic mass is 15.2. The summed E-state index contributed by atoms with van der Waals surface area (Å²) < 4.78 is 2.44. The lowest BCUT2D eigenvalue weighted by Gasteiger charge is -2.30. The number of benzene rings is 9. The Morgan fingerprint density at radius 3 is 1.76 bits per heavy atom. The topological polar surface area (TPSA) is 34.0 Å². The van der Waals surface area contributed by atoms with Crippen LogP contribution in [0.2, 0.25) is 0 Å². The maximum absolute atomic E-state index is 5.20. The van der Waals surface area contributed by atoms with Gasteiger partial charge in [0, 0.05) is 50.4 Å². The molecule has 320 valence electrons. The molecule has 0 amide bonds. The molecule has 2 aromatic heterocycles. The molecule has 0 saturated heterocycles. The van der Waals surface area contributed by atoms with Crippen molar-refractivity contribution in [2.45, 2.75) is 12.0 Å².